The summed E-state index contributed by atoms with van der Waals surface area (Å²) < 4.78 is 1.03. The first-order chi connectivity index (χ1) is 8.75. The lowest BCUT2D eigenvalue weighted by molar-refractivity contribution is 0.103. The highest BCUT2D eigenvalue weighted by Gasteiger charge is 2.16. The molecule has 0 saturated heterocycles. The van der Waals surface area contributed by atoms with Gasteiger partial charge in [-0.3, -0.25) is 4.79 Å². The molecule has 0 bridgehead atoms. The van der Waals surface area contributed by atoms with Crippen LogP contribution in [0.2, 0.25) is 5.02 Å². The second-order valence-electron chi connectivity index (χ2n) is 3.71. The lowest BCUT2D eigenvalue weighted by atomic mass is 10.2. The van der Waals surface area contributed by atoms with Crippen LogP contribution >= 0.6 is 34.3 Å². The average molecular weight is 294 g/mol. The number of thiophene rings is 2. The minimum Gasteiger partial charge on any atom is -0.320 e. The molecule has 1 aromatic carbocycles. The van der Waals surface area contributed by atoms with Crippen molar-refractivity contribution in [2.24, 2.45) is 0 Å². The molecule has 0 unspecified atom stereocenters. The van der Waals surface area contributed by atoms with Crippen LogP contribution in [-0.4, -0.2) is 5.91 Å². The van der Waals surface area contributed by atoms with Gasteiger partial charge in [0, 0.05) is 15.5 Å². The van der Waals surface area contributed by atoms with Crippen LogP contribution in [0, 0.1) is 0 Å². The number of hydrogen-bond acceptors (Lipinski definition) is 3. The van der Waals surface area contributed by atoms with E-state index in [0.717, 1.165) is 15.8 Å². The van der Waals surface area contributed by atoms with Crippen molar-refractivity contribution in [3.63, 3.8) is 0 Å². The molecule has 0 aliphatic rings. The predicted octanol–water partition coefficient (Wildman–Crippen LogP) is 4.87. The van der Waals surface area contributed by atoms with Crippen LogP contribution in [0.15, 0.2) is 41.1 Å². The van der Waals surface area contributed by atoms with Gasteiger partial charge >= 0.3 is 0 Å². The Hall–Kier alpha value is -1.36. The fraction of sp³-hybridized carbons (Fsp3) is 0. The van der Waals surface area contributed by atoms with E-state index in [0.29, 0.717) is 9.90 Å². The van der Waals surface area contributed by atoms with Gasteiger partial charge in [-0.05, 0) is 17.5 Å². The number of rotatable bonds is 2. The fourth-order valence-electron chi connectivity index (χ4n) is 1.68. The number of carbonyl (C=O) groups excluding carboxylic acids is 1. The molecule has 1 N–H and O–H groups in total. The molecule has 2 nitrogen and oxygen atoms in total. The van der Waals surface area contributed by atoms with E-state index in [4.69, 9.17) is 11.6 Å². The first-order valence-corrected chi connectivity index (χ1v) is 7.40. The number of nitrogens with one attached hydrogen (secondary N) is 1. The summed E-state index contributed by atoms with van der Waals surface area (Å²) in [5.74, 6) is -0.153. The van der Waals surface area contributed by atoms with Crippen LogP contribution in [0.3, 0.4) is 0 Å². The number of halogens is 1. The van der Waals surface area contributed by atoms with E-state index in [1.54, 1.807) is 11.3 Å². The highest BCUT2D eigenvalue weighted by molar-refractivity contribution is 7.21. The van der Waals surface area contributed by atoms with E-state index in [-0.39, 0.29) is 5.91 Å². The topological polar surface area (TPSA) is 29.1 Å². The number of amides is 1. The van der Waals surface area contributed by atoms with Crippen molar-refractivity contribution in [1.29, 1.82) is 0 Å². The van der Waals surface area contributed by atoms with Crippen LogP contribution in [0.5, 0.6) is 0 Å². The molecule has 0 atom stereocenters. The Labute approximate surface area is 117 Å². The van der Waals surface area contributed by atoms with Crippen LogP contribution in [0.1, 0.15) is 9.67 Å². The summed E-state index contributed by atoms with van der Waals surface area (Å²) in [5.41, 5.74) is 0.804. The summed E-state index contributed by atoms with van der Waals surface area (Å²) in [4.78, 5) is 12.7. The van der Waals surface area contributed by atoms with Gasteiger partial charge in [-0.15, -0.1) is 11.3 Å². The number of hydrogen-bond donors (Lipinski definition) is 1. The molecule has 2 heterocycles. The van der Waals surface area contributed by atoms with Gasteiger partial charge in [0.25, 0.3) is 5.91 Å². The largest absolute Gasteiger partial charge is 0.320 e. The van der Waals surface area contributed by atoms with Gasteiger partial charge < -0.3 is 5.32 Å². The molecule has 90 valence electrons. The van der Waals surface area contributed by atoms with E-state index in [1.807, 2.05) is 41.1 Å². The van der Waals surface area contributed by atoms with Crippen LogP contribution in [0.4, 0.5) is 5.69 Å². The standard InChI is InChI=1S/C13H8ClNOS2/c14-11-9-3-1-2-4-10(9)18-12(11)13(16)15-8-5-6-17-7-8/h1-7H,(H,15,16). The molecule has 5 heteroatoms. The quantitative estimate of drug-likeness (QED) is 0.717. The molecule has 0 saturated carbocycles. The summed E-state index contributed by atoms with van der Waals surface area (Å²) in [5, 5.41) is 8.11. The van der Waals surface area contributed by atoms with Gasteiger partial charge in [-0.2, -0.15) is 11.3 Å². The van der Waals surface area contributed by atoms with E-state index in [2.05, 4.69) is 5.32 Å². The second-order valence-corrected chi connectivity index (χ2v) is 5.92. The molecule has 0 fully saturated rings. The zero-order valence-electron chi connectivity index (χ0n) is 9.14. The molecule has 0 aliphatic carbocycles. The molecular weight excluding hydrogens is 286 g/mol. The lowest BCUT2D eigenvalue weighted by Crippen LogP contribution is -2.09. The zero-order valence-corrected chi connectivity index (χ0v) is 11.5. The van der Waals surface area contributed by atoms with Gasteiger partial charge in [0.15, 0.2) is 0 Å². The van der Waals surface area contributed by atoms with Crippen molar-refractivity contribution >= 4 is 56.0 Å². The fourth-order valence-corrected chi connectivity index (χ4v) is 3.68. The van der Waals surface area contributed by atoms with Crippen molar-refractivity contribution in [1.82, 2.24) is 0 Å². The van der Waals surface area contributed by atoms with E-state index in [9.17, 15) is 4.79 Å². The van der Waals surface area contributed by atoms with Crippen LogP contribution in [0.25, 0.3) is 10.1 Å². The molecule has 3 aromatic rings. The van der Waals surface area contributed by atoms with Crippen LogP contribution in [-0.2, 0) is 0 Å². The Bertz CT molecular complexity index is 703. The van der Waals surface area contributed by atoms with Gasteiger partial charge in [0.05, 0.1) is 10.7 Å². The van der Waals surface area contributed by atoms with E-state index in [1.165, 1.54) is 11.3 Å². The minimum absolute atomic E-state index is 0.153. The summed E-state index contributed by atoms with van der Waals surface area (Å²) >= 11 is 9.20. The molecular formula is C13H8ClNOS2. The van der Waals surface area contributed by atoms with Crippen molar-refractivity contribution in [3.8, 4) is 0 Å². The normalized spacial score (nSPS) is 10.7. The van der Waals surface area contributed by atoms with Crippen molar-refractivity contribution in [2.45, 2.75) is 0 Å². The first-order valence-electron chi connectivity index (χ1n) is 5.26. The summed E-state index contributed by atoms with van der Waals surface area (Å²) in [7, 11) is 0. The first kappa shape index (κ1) is 11.7. The monoisotopic (exact) mass is 293 g/mol. The maximum Gasteiger partial charge on any atom is 0.267 e. The van der Waals surface area contributed by atoms with Crippen molar-refractivity contribution < 1.29 is 4.79 Å². The molecule has 2 aromatic heterocycles. The van der Waals surface area contributed by atoms with Gasteiger partial charge in [0.2, 0.25) is 0 Å². The molecule has 3 rings (SSSR count). The average Bonchev–Trinajstić information content (AvgIpc) is 2.98. The van der Waals surface area contributed by atoms with Gasteiger partial charge in [0.1, 0.15) is 4.88 Å². The molecule has 0 aliphatic heterocycles. The minimum atomic E-state index is -0.153. The molecule has 0 radical (unpaired) electrons. The second kappa shape index (κ2) is 4.72. The Balaban J connectivity index is 1.99. The zero-order chi connectivity index (χ0) is 12.5. The Kier molecular flexibility index (Phi) is 3.07. The van der Waals surface area contributed by atoms with E-state index < -0.39 is 0 Å². The van der Waals surface area contributed by atoms with Gasteiger partial charge in [-0.1, -0.05) is 29.8 Å². The Morgan fingerprint density at radius 2 is 2.06 bits per heavy atom. The number of anilines is 1. The maximum atomic E-state index is 12.1. The number of benzene rings is 1. The van der Waals surface area contributed by atoms with Gasteiger partial charge in [-0.25, -0.2) is 0 Å². The Morgan fingerprint density at radius 1 is 1.22 bits per heavy atom. The predicted molar refractivity (Wildman–Crippen MR) is 79.1 cm³/mol. The molecule has 1 amide bonds. The molecule has 0 spiro atoms. The SMILES string of the molecule is O=C(Nc1ccsc1)c1sc2ccccc2c1Cl. The highest BCUT2D eigenvalue weighted by atomic mass is 35.5. The van der Waals surface area contributed by atoms with E-state index >= 15 is 0 Å². The number of fused-ring (bicyclic) bond motifs is 1. The summed E-state index contributed by atoms with van der Waals surface area (Å²) in [6.07, 6.45) is 0. The highest BCUT2D eigenvalue weighted by Crippen LogP contribution is 2.35. The molecule has 18 heavy (non-hydrogen) atoms. The third-order valence-electron chi connectivity index (χ3n) is 2.52. The summed E-state index contributed by atoms with van der Waals surface area (Å²) in [6.45, 7) is 0. The third kappa shape index (κ3) is 2.03. The smallest absolute Gasteiger partial charge is 0.267 e. The number of carbonyl (C=O) groups is 1. The Morgan fingerprint density at radius 3 is 2.78 bits per heavy atom. The third-order valence-corrected chi connectivity index (χ3v) is 4.88. The van der Waals surface area contributed by atoms with Crippen molar-refractivity contribution in [3.05, 3.63) is 51.0 Å². The maximum absolute atomic E-state index is 12.1. The van der Waals surface area contributed by atoms with Crippen molar-refractivity contribution in [2.75, 3.05) is 5.32 Å². The van der Waals surface area contributed by atoms with Crippen LogP contribution < -0.4 is 5.32 Å². The lowest BCUT2D eigenvalue weighted by Gasteiger charge is -2.00. The summed E-state index contributed by atoms with van der Waals surface area (Å²) in [6, 6.07) is 9.61.